The van der Waals surface area contributed by atoms with Crippen LogP contribution < -0.4 is 4.72 Å². The van der Waals surface area contributed by atoms with Crippen LogP contribution in [-0.2, 0) is 23.6 Å². The first-order chi connectivity index (χ1) is 17.9. The maximum Gasteiger partial charge on any atom is 0.472 e. The van der Waals surface area contributed by atoms with Crippen molar-refractivity contribution in [2.45, 2.75) is 43.6 Å². The maximum atomic E-state index is 13.1. The molecule has 1 aliphatic heterocycles. The highest BCUT2D eigenvalue weighted by molar-refractivity contribution is 7.93. The maximum absolute atomic E-state index is 13.1. The molecule has 11 nitrogen and oxygen atoms in total. The van der Waals surface area contributed by atoms with Gasteiger partial charge in [-0.15, -0.1) is 0 Å². The Bertz CT molecular complexity index is 1450. The Morgan fingerprint density at radius 1 is 1.13 bits per heavy atom. The molecule has 1 unspecified atom stereocenters. The van der Waals surface area contributed by atoms with Gasteiger partial charge in [0, 0.05) is 43.8 Å². The predicted molar refractivity (Wildman–Crippen MR) is 142 cm³/mol. The average molecular weight is 563 g/mol. The largest absolute Gasteiger partial charge is 0.472 e. The number of carbonyl (C=O) groups is 1. The Kier molecular flexibility index (Phi) is 8.20. The number of piperidine rings is 1. The minimum atomic E-state index is -4.19. The zero-order valence-electron chi connectivity index (χ0n) is 21.4. The molecule has 0 spiro atoms. The van der Waals surface area contributed by atoms with Crippen LogP contribution in [0.3, 0.4) is 0 Å². The highest BCUT2D eigenvalue weighted by atomic mass is 32.2. The molecule has 38 heavy (non-hydrogen) atoms. The lowest BCUT2D eigenvalue weighted by Crippen LogP contribution is -2.48. The molecule has 1 atom stereocenters. The van der Waals surface area contributed by atoms with Crippen LogP contribution >= 0.6 is 7.82 Å². The van der Waals surface area contributed by atoms with Crippen molar-refractivity contribution in [3.8, 4) is 0 Å². The van der Waals surface area contributed by atoms with Crippen LogP contribution in [0, 0.1) is 5.92 Å². The second kappa shape index (κ2) is 11.1. The molecule has 0 aliphatic carbocycles. The number of anilines is 1. The molecule has 2 heterocycles. The number of phosphoric ester groups is 1. The third-order valence-corrected chi connectivity index (χ3v) is 8.91. The number of hydrogen-bond acceptors (Lipinski definition) is 8. The van der Waals surface area contributed by atoms with Crippen LogP contribution in [0.15, 0.2) is 59.8 Å². The summed E-state index contributed by atoms with van der Waals surface area (Å²) in [5, 5.41) is 0. The van der Waals surface area contributed by atoms with E-state index < -0.39 is 23.4 Å². The SMILES string of the molecule is COP(=O)(O)OC1(CC(C)C)CCN(C(=O)c2ccc(NS(=O)(=O)c3cccc4nccnc34)cc2)CC1. The van der Waals surface area contributed by atoms with E-state index in [1.807, 2.05) is 13.8 Å². The molecule has 1 saturated heterocycles. The zero-order chi connectivity index (χ0) is 27.6. The predicted octanol–water partition coefficient (Wildman–Crippen LogP) is 4.21. The Hall–Kier alpha value is -2.89. The highest BCUT2D eigenvalue weighted by Gasteiger charge is 2.43. The van der Waals surface area contributed by atoms with Gasteiger partial charge in [-0.3, -0.25) is 28.5 Å². The van der Waals surface area contributed by atoms with E-state index in [0.717, 1.165) is 7.11 Å². The fourth-order valence-corrected chi connectivity index (χ4v) is 6.78. The van der Waals surface area contributed by atoms with E-state index in [0.29, 0.717) is 49.1 Å². The van der Waals surface area contributed by atoms with Gasteiger partial charge in [0.25, 0.3) is 15.9 Å². The molecule has 1 aliphatic rings. The number of para-hydroxylation sites is 1. The van der Waals surface area contributed by atoms with Crippen LogP contribution in [0.4, 0.5) is 5.69 Å². The van der Waals surface area contributed by atoms with Gasteiger partial charge in [0.2, 0.25) is 0 Å². The normalized spacial score (nSPS) is 17.3. The van der Waals surface area contributed by atoms with Crippen molar-refractivity contribution in [3.05, 3.63) is 60.4 Å². The van der Waals surface area contributed by atoms with Gasteiger partial charge < -0.3 is 9.79 Å². The third kappa shape index (κ3) is 6.39. The summed E-state index contributed by atoms with van der Waals surface area (Å²) in [5.74, 6) is -0.00726. The van der Waals surface area contributed by atoms with Crippen molar-refractivity contribution in [1.82, 2.24) is 14.9 Å². The van der Waals surface area contributed by atoms with Gasteiger partial charge in [-0.25, -0.2) is 13.0 Å². The minimum Gasteiger partial charge on any atom is -0.338 e. The van der Waals surface area contributed by atoms with Gasteiger partial charge in [0.15, 0.2) is 0 Å². The number of rotatable bonds is 9. The molecular weight excluding hydrogens is 531 g/mol. The van der Waals surface area contributed by atoms with E-state index in [9.17, 15) is 22.7 Å². The first-order valence-corrected chi connectivity index (χ1v) is 15.1. The van der Waals surface area contributed by atoms with Crippen LogP contribution in [-0.4, -0.2) is 59.9 Å². The quantitative estimate of drug-likeness (QED) is 0.366. The zero-order valence-corrected chi connectivity index (χ0v) is 23.1. The number of nitrogens with zero attached hydrogens (tertiary/aromatic N) is 3. The summed E-state index contributed by atoms with van der Waals surface area (Å²) in [4.78, 5) is 33.0. The van der Waals surface area contributed by atoms with E-state index in [1.54, 1.807) is 29.2 Å². The molecule has 2 aromatic carbocycles. The third-order valence-electron chi connectivity index (χ3n) is 6.42. The highest BCUT2D eigenvalue weighted by Crippen LogP contribution is 2.51. The van der Waals surface area contributed by atoms with Crippen molar-refractivity contribution in [2.75, 3.05) is 24.9 Å². The lowest BCUT2D eigenvalue weighted by Gasteiger charge is -2.42. The van der Waals surface area contributed by atoms with Crippen LogP contribution in [0.5, 0.6) is 0 Å². The van der Waals surface area contributed by atoms with Crippen LogP contribution in [0.2, 0.25) is 0 Å². The summed E-state index contributed by atoms with van der Waals surface area (Å²) in [6.07, 6.45) is 4.25. The molecule has 1 fully saturated rings. The fraction of sp³-hybridized carbons (Fsp3) is 0.400. The average Bonchev–Trinajstić information content (AvgIpc) is 2.88. The van der Waals surface area contributed by atoms with Gasteiger partial charge in [-0.2, -0.15) is 0 Å². The molecule has 204 valence electrons. The number of sulfonamides is 1. The number of hydrogen-bond donors (Lipinski definition) is 2. The number of nitrogens with one attached hydrogen (secondary N) is 1. The van der Waals surface area contributed by atoms with Gasteiger partial charge in [-0.05, 0) is 61.6 Å². The molecular formula is C25H31N4O7PS. The standard InChI is InChI=1S/C25H31N4O7PS/c1-18(2)17-25(36-37(31,32)35-3)11-15-29(16-12-25)24(30)19-7-9-20(10-8-19)28-38(33,34)22-6-4-5-21-23(22)27-14-13-26-21/h4-10,13-14,18,28H,11-12,15-17H2,1-3H3,(H,31,32). The van der Waals surface area contributed by atoms with Crippen molar-refractivity contribution < 1.29 is 31.7 Å². The number of benzene rings is 2. The summed E-state index contributed by atoms with van der Waals surface area (Å²) in [7, 11) is -7.01. The topological polar surface area (TPSA) is 148 Å². The number of likely N-dealkylation sites (tertiary alicyclic amines) is 1. The first kappa shape index (κ1) is 28.1. The number of fused-ring (bicyclic) bond motifs is 1. The molecule has 0 radical (unpaired) electrons. The molecule has 1 amide bonds. The monoisotopic (exact) mass is 562 g/mol. The van der Waals surface area contributed by atoms with E-state index in [2.05, 4.69) is 19.2 Å². The first-order valence-electron chi connectivity index (χ1n) is 12.1. The second-order valence-electron chi connectivity index (χ2n) is 9.68. The summed E-state index contributed by atoms with van der Waals surface area (Å²) in [6, 6.07) is 10.9. The van der Waals surface area contributed by atoms with Crippen molar-refractivity contribution in [3.63, 3.8) is 0 Å². The van der Waals surface area contributed by atoms with E-state index in [-0.39, 0.29) is 22.2 Å². The minimum absolute atomic E-state index is 0.00423. The Balaban J connectivity index is 1.44. The Morgan fingerprint density at radius 2 is 1.79 bits per heavy atom. The lowest BCUT2D eigenvalue weighted by molar-refractivity contribution is -0.0316. The summed E-state index contributed by atoms with van der Waals surface area (Å²) in [5.41, 5.74) is 0.554. The molecule has 2 N–H and O–H groups in total. The van der Waals surface area contributed by atoms with E-state index in [1.165, 1.54) is 30.6 Å². The molecule has 3 aromatic rings. The summed E-state index contributed by atoms with van der Waals surface area (Å²) in [6.45, 7) is 4.68. The van der Waals surface area contributed by atoms with Crippen molar-refractivity contribution in [1.29, 1.82) is 0 Å². The van der Waals surface area contributed by atoms with Crippen LogP contribution in [0.1, 0.15) is 43.5 Å². The second-order valence-corrected chi connectivity index (χ2v) is 12.8. The number of amides is 1. The fourth-order valence-electron chi connectivity index (χ4n) is 4.73. The molecule has 0 saturated carbocycles. The van der Waals surface area contributed by atoms with E-state index in [4.69, 9.17) is 4.52 Å². The van der Waals surface area contributed by atoms with Gasteiger partial charge >= 0.3 is 7.82 Å². The molecule has 13 heteroatoms. The van der Waals surface area contributed by atoms with Crippen molar-refractivity contribution in [2.24, 2.45) is 5.92 Å². The van der Waals surface area contributed by atoms with Gasteiger partial charge in [0.1, 0.15) is 10.4 Å². The number of carbonyl (C=O) groups excluding carboxylic acids is 1. The number of aromatic nitrogens is 2. The molecule has 0 bridgehead atoms. The van der Waals surface area contributed by atoms with E-state index >= 15 is 0 Å². The molecule has 4 rings (SSSR count). The Morgan fingerprint density at radius 3 is 2.42 bits per heavy atom. The van der Waals surface area contributed by atoms with Crippen LogP contribution in [0.25, 0.3) is 11.0 Å². The van der Waals surface area contributed by atoms with Gasteiger partial charge in [0.05, 0.1) is 11.1 Å². The summed E-state index contributed by atoms with van der Waals surface area (Å²) < 4.78 is 50.9. The summed E-state index contributed by atoms with van der Waals surface area (Å²) >= 11 is 0. The van der Waals surface area contributed by atoms with Crippen molar-refractivity contribution >= 4 is 40.5 Å². The lowest BCUT2D eigenvalue weighted by atomic mass is 9.84. The Labute approximate surface area is 221 Å². The molecule has 1 aromatic heterocycles. The smallest absolute Gasteiger partial charge is 0.338 e. The number of phosphoric acid groups is 1. The van der Waals surface area contributed by atoms with Gasteiger partial charge in [-0.1, -0.05) is 19.9 Å².